The Morgan fingerprint density at radius 1 is 1.55 bits per heavy atom. The summed E-state index contributed by atoms with van der Waals surface area (Å²) >= 11 is 1.63. The van der Waals surface area contributed by atoms with Crippen molar-refractivity contribution in [2.45, 2.75) is 31.6 Å². The molecule has 0 radical (unpaired) electrons. The number of nitrogens with zero attached hydrogens (tertiary/aromatic N) is 2. The molecule has 1 saturated heterocycles. The summed E-state index contributed by atoms with van der Waals surface area (Å²) in [6, 6.07) is 0. The SMILES string of the molecule is CN1CCCC(CNc2nc3c(s2)CCC3C(=O)O)C1. The monoisotopic (exact) mass is 295 g/mol. The van der Waals surface area contributed by atoms with E-state index < -0.39 is 11.9 Å². The molecule has 20 heavy (non-hydrogen) atoms. The number of aliphatic carboxylic acids is 1. The van der Waals surface area contributed by atoms with Gasteiger partial charge in [0.2, 0.25) is 0 Å². The van der Waals surface area contributed by atoms with E-state index in [2.05, 4.69) is 22.2 Å². The van der Waals surface area contributed by atoms with Crippen LogP contribution in [0.1, 0.15) is 35.8 Å². The van der Waals surface area contributed by atoms with Crippen molar-refractivity contribution in [3.8, 4) is 0 Å². The summed E-state index contributed by atoms with van der Waals surface area (Å²) in [5.74, 6) is -0.463. The lowest BCUT2D eigenvalue weighted by Crippen LogP contribution is -2.35. The number of hydrogen-bond donors (Lipinski definition) is 2. The van der Waals surface area contributed by atoms with E-state index in [0.717, 1.165) is 35.2 Å². The molecule has 0 aromatic carbocycles. The molecule has 2 N–H and O–H groups in total. The molecule has 1 aromatic heterocycles. The lowest BCUT2D eigenvalue weighted by atomic mass is 9.99. The van der Waals surface area contributed by atoms with E-state index in [9.17, 15) is 9.90 Å². The Labute approximate surface area is 123 Å². The van der Waals surface area contributed by atoms with Gasteiger partial charge in [0.05, 0.1) is 5.69 Å². The minimum atomic E-state index is -0.741. The van der Waals surface area contributed by atoms with Gasteiger partial charge in [-0.25, -0.2) is 4.98 Å². The second kappa shape index (κ2) is 5.69. The number of piperidine rings is 1. The number of rotatable bonds is 4. The molecule has 2 atom stereocenters. The Kier molecular flexibility index (Phi) is 3.94. The van der Waals surface area contributed by atoms with Crippen LogP contribution in [0, 0.1) is 5.92 Å². The predicted molar refractivity (Wildman–Crippen MR) is 79.5 cm³/mol. The van der Waals surface area contributed by atoms with Gasteiger partial charge in [0.1, 0.15) is 5.92 Å². The molecule has 0 amide bonds. The van der Waals surface area contributed by atoms with Crippen molar-refractivity contribution < 1.29 is 9.90 Å². The molecule has 1 aliphatic carbocycles. The molecule has 2 heterocycles. The van der Waals surface area contributed by atoms with Gasteiger partial charge < -0.3 is 15.3 Å². The average molecular weight is 295 g/mol. The van der Waals surface area contributed by atoms with E-state index in [1.165, 1.54) is 19.4 Å². The number of fused-ring (bicyclic) bond motifs is 1. The number of carbonyl (C=O) groups is 1. The number of carboxylic acid groups (broad SMARTS) is 1. The highest BCUT2D eigenvalue weighted by atomic mass is 32.1. The van der Waals surface area contributed by atoms with E-state index in [4.69, 9.17) is 0 Å². The van der Waals surface area contributed by atoms with Crippen LogP contribution in [0.4, 0.5) is 5.13 Å². The van der Waals surface area contributed by atoms with Crippen LogP contribution in [0.15, 0.2) is 0 Å². The Bertz CT molecular complexity index is 503. The van der Waals surface area contributed by atoms with Gasteiger partial charge in [-0.05, 0) is 45.2 Å². The van der Waals surface area contributed by atoms with E-state index in [1.807, 2.05) is 0 Å². The number of thiazole rings is 1. The Morgan fingerprint density at radius 2 is 2.40 bits per heavy atom. The molecule has 5 nitrogen and oxygen atoms in total. The highest BCUT2D eigenvalue weighted by Crippen LogP contribution is 2.38. The number of likely N-dealkylation sites (tertiary alicyclic amines) is 1. The molecule has 0 spiro atoms. The Morgan fingerprint density at radius 3 is 3.15 bits per heavy atom. The van der Waals surface area contributed by atoms with Crippen molar-refractivity contribution in [1.29, 1.82) is 0 Å². The summed E-state index contributed by atoms with van der Waals surface area (Å²) in [6.07, 6.45) is 4.09. The van der Waals surface area contributed by atoms with E-state index in [0.29, 0.717) is 12.3 Å². The van der Waals surface area contributed by atoms with Gasteiger partial charge in [0.25, 0.3) is 0 Å². The summed E-state index contributed by atoms with van der Waals surface area (Å²) in [5, 5.41) is 13.5. The van der Waals surface area contributed by atoms with Crippen LogP contribution in [0.25, 0.3) is 0 Å². The number of hydrogen-bond acceptors (Lipinski definition) is 5. The van der Waals surface area contributed by atoms with Crippen molar-refractivity contribution in [2.75, 3.05) is 32.0 Å². The normalized spacial score (nSPS) is 26.4. The molecular formula is C14H21N3O2S. The van der Waals surface area contributed by atoms with Crippen molar-refractivity contribution in [2.24, 2.45) is 5.92 Å². The van der Waals surface area contributed by atoms with E-state index in [-0.39, 0.29) is 0 Å². The maximum Gasteiger partial charge on any atom is 0.312 e. The molecule has 1 aromatic rings. The first-order valence-electron chi connectivity index (χ1n) is 7.28. The van der Waals surface area contributed by atoms with Crippen LogP contribution in [0.2, 0.25) is 0 Å². The molecule has 1 aliphatic heterocycles. The zero-order chi connectivity index (χ0) is 14.1. The van der Waals surface area contributed by atoms with Crippen LogP contribution >= 0.6 is 11.3 Å². The fourth-order valence-corrected chi connectivity index (χ4v) is 4.26. The first kappa shape index (κ1) is 13.8. The van der Waals surface area contributed by atoms with Crippen molar-refractivity contribution in [3.63, 3.8) is 0 Å². The second-order valence-electron chi connectivity index (χ2n) is 5.91. The van der Waals surface area contributed by atoms with E-state index >= 15 is 0 Å². The summed E-state index contributed by atoms with van der Waals surface area (Å²) in [4.78, 5) is 19.2. The summed E-state index contributed by atoms with van der Waals surface area (Å²) in [5.41, 5.74) is 0.797. The van der Waals surface area contributed by atoms with Gasteiger partial charge in [-0.3, -0.25) is 4.79 Å². The molecule has 2 unspecified atom stereocenters. The van der Waals surface area contributed by atoms with Crippen molar-refractivity contribution in [1.82, 2.24) is 9.88 Å². The molecule has 110 valence electrons. The maximum absolute atomic E-state index is 11.2. The van der Waals surface area contributed by atoms with E-state index in [1.54, 1.807) is 11.3 Å². The van der Waals surface area contributed by atoms with Gasteiger partial charge in [-0.2, -0.15) is 0 Å². The highest BCUT2D eigenvalue weighted by Gasteiger charge is 2.32. The minimum absolute atomic E-state index is 0.391. The number of aromatic nitrogens is 1. The molecule has 1 fully saturated rings. The standard InChI is InChI=1S/C14H21N3O2S/c1-17-6-2-3-9(8-17)7-15-14-16-12-10(13(18)19)4-5-11(12)20-14/h9-10H,2-8H2,1H3,(H,15,16)(H,18,19). The first-order chi connectivity index (χ1) is 9.63. The van der Waals surface area contributed by atoms with Crippen LogP contribution in [-0.2, 0) is 11.2 Å². The molecule has 6 heteroatoms. The number of carboxylic acids is 1. The highest BCUT2D eigenvalue weighted by molar-refractivity contribution is 7.15. The third-order valence-electron chi connectivity index (χ3n) is 4.28. The van der Waals surface area contributed by atoms with Crippen LogP contribution < -0.4 is 5.32 Å². The number of nitrogens with one attached hydrogen (secondary N) is 1. The molecule has 0 saturated carbocycles. The third kappa shape index (κ3) is 2.81. The quantitative estimate of drug-likeness (QED) is 0.889. The smallest absolute Gasteiger partial charge is 0.312 e. The topological polar surface area (TPSA) is 65.5 Å². The summed E-state index contributed by atoms with van der Waals surface area (Å²) in [7, 11) is 2.17. The van der Waals surface area contributed by atoms with Gasteiger partial charge in [-0.1, -0.05) is 0 Å². The van der Waals surface area contributed by atoms with Crippen LogP contribution in [0.5, 0.6) is 0 Å². The Hall–Kier alpha value is -1.14. The lowest BCUT2D eigenvalue weighted by Gasteiger charge is -2.29. The Balaban J connectivity index is 1.59. The maximum atomic E-state index is 11.2. The average Bonchev–Trinajstić information content (AvgIpc) is 2.95. The van der Waals surface area contributed by atoms with Gasteiger partial charge in [0.15, 0.2) is 5.13 Å². The first-order valence-corrected chi connectivity index (χ1v) is 8.10. The molecule has 0 bridgehead atoms. The van der Waals surface area contributed by atoms with Gasteiger partial charge in [0, 0.05) is 18.0 Å². The zero-order valence-corrected chi connectivity index (χ0v) is 12.6. The summed E-state index contributed by atoms with van der Waals surface area (Å²) in [6.45, 7) is 3.27. The van der Waals surface area contributed by atoms with Crippen molar-refractivity contribution in [3.05, 3.63) is 10.6 Å². The van der Waals surface area contributed by atoms with Crippen LogP contribution in [-0.4, -0.2) is 47.6 Å². The fourth-order valence-electron chi connectivity index (χ4n) is 3.21. The molecule has 2 aliphatic rings. The fraction of sp³-hybridized carbons (Fsp3) is 0.714. The number of anilines is 1. The van der Waals surface area contributed by atoms with Crippen molar-refractivity contribution >= 4 is 22.4 Å². The minimum Gasteiger partial charge on any atom is -0.481 e. The van der Waals surface area contributed by atoms with Gasteiger partial charge >= 0.3 is 5.97 Å². The lowest BCUT2D eigenvalue weighted by molar-refractivity contribution is -0.138. The van der Waals surface area contributed by atoms with Gasteiger partial charge in [-0.15, -0.1) is 11.3 Å². The number of aryl methyl sites for hydroxylation is 1. The molecular weight excluding hydrogens is 274 g/mol. The third-order valence-corrected chi connectivity index (χ3v) is 5.37. The second-order valence-corrected chi connectivity index (χ2v) is 6.99. The summed E-state index contributed by atoms with van der Waals surface area (Å²) < 4.78 is 0. The predicted octanol–water partition coefficient (Wildman–Crippen LogP) is 2.01. The largest absolute Gasteiger partial charge is 0.481 e. The zero-order valence-electron chi connectivity index (χ0n) is 11.8. The molecule has 3 rings (SSSR count). The van der Waals surface area contributed by atoms with Crippen LogP contribution in [0.3, 0.4) is 0 Å².